The largest absolute Gasteiger partial charge is 0.573 e. The maximum absolute atomic E-state index is 12.1. The lowest BCUT2D eigenvalue weighted by molar-refractivity contribution is -0.274. The summed E-state index contributed by atoms with van der Waals surface area (Å²) in [6.45, 7) is -0.0225. The highest BCUT2D eigenvalue weighted by atomic mass is 19.4. The molecular weight excluding hydrogens is 387 g/mol. The van der Waals surface area contributed by atoms with E-state index in [-0.39, 0.29) is 18.2 Å². The number of carbonyl (C=O) groups excluding carboxylic acids is 1. The Morgan fingerprint density at radius 2 is 1.38 bits per heavy atom. The molecule has 1 amide bonds. The van der Waals surface area contributed by atoms with E-state index < -0.39 is 6.36 Å². The van der Waals surface area contributed by atoms with Gasteiger partial charge in [0.15, 0.2) is 0 Å². The minimum atomic E-state index is -4.76. The molecule has 3 rings (SSSR count). The molecule has 0 atom stereocenters. The van der Waals surface area contributed by atoms with Crippen molar-refractivity contribution in [2.75, 3.05) is 17.2 Å². The first-order chi connectivity index (χ1) is 13.9. The number of ether oxygens (including phenoxy) is 2. The molecule has 0 aliphatic rings. The fraction of sp³-hybridized carbons (Fsp3) is 0.100. The second-order valence-corrected chi connectivity index (χ2v) is 5.78. The molecule has 29 heavy (non-hydrogen) atoms. The zero-order chi connectivity index (χ0) is 20.7. The third-order valence-corrected chi connectivity index (χ3v) is 3.56. The lowest BCUT2D eigenvalue weighted by Gasteiger charge is -2.11. The van der Waals surface area contributed by atoms with Crippen LogP contribution < -0.4 is 20.1 Å². The summed E-state index contributed by atoms with van der Waals surface area (Å²) in [6.07, 6.45) is -1.50. The van der Waals surface area contributed by atoms with Crippen molar-refractivity contribution >= 4 is 17.3 Å². The van der Waals surface area contributed by atoms with Crippen LogP contribution in [0.3, 0.4) is 0 Å². The Labute approximate surface area is 164 Å². The topological polar surface area (TPSA) is 72.5 Å². The molecule has 0 radical (unpaired) electrons. The highest BCUT2D eigenvalue weighted by Crippen LogP contribution is 2.24. The second-order valence-electron chi connectivity index (χ2n) is 5.78. The van der Waals surface area contributed by atoms with E-state index in [1.54, 1.807) is 48.8 Å². The van der Waals surface area contributed by atoms with Crippen LogP contribution in [0, 0.1) is 0 Å². The molecule has 0 fully saturated rings. The molecule has 0 aliphatic carbocycles. The number of nitrogens with zero attached hydrogens (tertiary/aromatic N) is 1. The Balaban J connectivity index is 1.46. The van der Waals surface area contributed by atoms with E-state index >= 15 is 0 Å². The van der Waals surface area contributed by atoms with E-state index in [0.29, 0.717) is 22.9 Å². The fourth-order valence-electron chi connectivity index (χ4n) is 2.31. The number of carbonyl (C=O) groups is 1. The number of hydrogen-bond acceptors (Lipinski definition) is 5. The Morgan fingerprint density at radius 3 is 2.00 bits per heavy atom. The molecule has 6 nitrogen and oxygen atoms in total. The molecule has 9 heteroatoms. The van der Waals surface area contributed by atoms with E-state index in [9.17, 15) is 18.0 Å². The molecule has 150 valence electrons. The molecule has 0 spiro atoms. The molecule has 0 saturated carbocycles. The fourth-order valence-corrected chi connectivity index (χ4v) is 2.31. The van der Waals surface area contributed by atoms with Gasteiger partial charge in [0.1, 0.15) is 17.2 Å². The van der Waals surface area contributed by atoms with Gasteiger partial charge in [0.05, 0.1) is 6.54 Å². The Bertz CT molecular complexity index is 931. The summed E-state index contributed by atoms with van der Waals surface area (Å²) in [6, 6.07) is 15.4. The van der Waals surface area contributed by atoms with Crippen LogP contribution in [0.5, 0.6) is 17.2 Å². The van der Waals surface area contributed by atoms with Crippen molar-refractivity contribution in [3.05, 3.63) is 73.1 Å². The van der Waals surface area contributed by atoms with Crippen molar-refractivity contribution in [3.8, 4) is 17.2 Å². The van der Waals surface area contributed by atoms with Crippen LogP contribution in [0.25, 0.3) is 0 Å². The Kier molecular flexibility index (Phi) is 6.18. The number of pyridine rings is 1. The van der Waals surface area contributed by atoms with Gasteiger partial charge in [-0.25, -0.2) is 0 Å². The van der Waals surface area contributed by atoms with E-state index in [2.05, 4.69) is 20.4 Å². The van der Waals surface area contributed by atoms with Crippen LogP contribution >= 0.6 is 0 Å². The molecule has 0 aliphatic heterocycles. The number of benzene rings is 2. The molecule has 2 aromatic carbocycles. The maximum atomic E-state index is 12.1. The number of amides is 1. The van der Waals surface area contributed by atoms with Crippen LogP contribution in [0.4, 0.5) is 24.5 Å². The summed E-state index contributed by atoms with van der Waals surface area (Å²) in [5, 5.41) is 5.52. The predicted octanol–water partition coefficient (Wildman–Crippen LogP) is 4.82. The van der Waals surface area contributed by atoms with Crippen molar-refractivity contribution in [2.45, 2.75) is 6.36 Å². The van der Waals surface area contributed by atoms with Gasteiger partial charge < -0.3 is 20.1 Å². The monoisotopic (exact) mass is 403 g/mol. The molecule has 0 unspecified atom stereocenters. The van der Waals surface area contributed by atoms with Crippen LogP contribution in [0.1, 0.15) is 0 Å². The Hall–Kier alpha value is -3.75. The normalized spacial score (nSPS) is 10.9. The molecule has 2 N–H and O–H groups in total. The van der Waals surface area contributed by atoms with Crippen LogP contribution in [0.15, 0.2) is 73.1 Å². The van der Waals surface area contributed by atoms with Crippen molar-refractivity contribution in [2.24, 2.45) is 0 Å². The summed E-state index contributed by atoms with van der Waals surface area (Å²) in [4.78, 5) is 15.9. The van der Waals surface area contributed by atoms with Gasteiger partial charge in [0.25, 0.3) is 0 Å². The van der Waals surface area contributed by atoms with Gasteiger partial charge in [-0.2, -0.15) is 0 Å². The molecule has 1 heterocycles. The first-order valence-corrected chi connectivity index (χ1v) is 8.45. The number of alkyl halides is 3. The molecule has 0 bridgehead atoms. The van der Waals surface area contributed by atoms with Crippen molar-refractivity contribution < 1.29 is 27.4 Å². The number of hydrogen-bond donors (Lipinski definition) is 2. The van der Waals surface area contributed by atoms with Crippen LogP contribution in [0.2, 0.25) is 0 Å². The van der Waals surface area contributed by atoms with Crippen LogP contribution in [-0.2, 0) is 4.79 Å². The van der Waals surface area contributed by atoms with Gasteiger partial charge in [-0.1, -0.05) is 0 Å². The standard InChI is InChI=1S/C20H16F3N3O3/c21-20(22,23)29-18-7-3-15(4-8-18)26-19(27)13-25-14-1-5-16(6-2-14)28-17-9-11-24-12-10-17/h1-12,25H,13H2,(H,26,27). The predicted molar refractivity (Wildman–Crippen MR) is 101 cm³/mol. The van der Waals surface area contributed by atoms with Crippen LogP contribution in [-0.4, -0.2) is 23.8 Å². The van der Waals surface area contributed by atoms with Crippen molar-refractivity contribution in [1.82, 2.24) is 4.98 Å². The quantitative estimate of drug-likeness (QED) is 0.592. The zero-order valence-electron chi connectivity index (χ0n) is 14.9. The summed E-state index contributed by atoms with van der Waals surface area (Å²) in [7, 11) is 0. The Morgan fingerprint density at radius 1 is 0.828 bits per heavy atom. The second kappa shape index (κ2) is 8.96. The van der Waals surface area contributed by atoms with E-state index in [1.807, 2.05) is 0 Å². The molecule has 1 aromatic heterocycles. The number of aromatic nitrogens is 1. The molecule has 3 aromatic rings. The average molecular weight is 403 g/mol. The van der Waals surface area contributed by atoms with E-state index in [1.165, 1.54) is 12.1 Å². The lowest BCUT2D eigenvalue weighted by atomic mass is 10.3. The van der Waals surface area contributed by atoms with Gasteiger partial charge in [0, 0.05) is 23.8 Å². The van der Waals surface area contributed by atoms with E-state index in [0.717, 1.165) is 12.1 Å². The van der Waals surface area contributed by atoms with Gasteiger partial charge in [-0.05, 0) is 60.7 Å². The summed E-state index contributed by atoms with van der Waals surface area (Å²) >= 11 is 0. The highest BCUT2D eigenvalue weighted by Gasteiger charge is 2.30. The average Bonchev–Trinajstić information content (AvgIpc) is 2.69. The number of anilines is 2. The van der Waals surface area contributed by atoms with Gasteiger partial charge in [-0.3, -0.25) is 9.78 Å². The molecular formula is C20H16F3N3O3. The van der Waals surface area contributed by atoms with Gasteiger partial charge in [0.2, 0.25) is 5.91 Å². The number of rotatable bonds is 7. The smallest absolute Gasteiger partial charge is 0.457 e. The zero-order valence-corrected chi connectivity index (χ0v) is 14.9. The molecule has 0 saturated heterocycles. The van der Waals surface area contributed by atoms with Crippen molar-refractivity contribution in [3.63, 3.8) is 0 Å². The first kappa shape index (κ1) is 20.0. The van der Waals surface area contributed by atoms with E-state index in [4.69, 9.17) is 4.74 Å². The maximum Gasteiger partial charge on any atom is 0.573 e. The number of halogens is 3. The third kappa shape index (κ3) is 6.73. The first-order valence-electron chi connectivity index (χ1n) is 8.45. The van der Waals surface area contributed by atoms with Crippen molar-refractivity contribution in [1.29, 1.82) is 0 Å². The minimum absolute atomic E-state index is 0.0225. The van der Waals surface area contributed by atoms with Gasteiger partial charge >= 0.3 is 6.36 Å². The summed E-state index contributed by atoms with van der Waals surface area (Å²) in [5.74, 6) is 0.577. The third-order valence-electron chi connectivity index (χ3n) is 3.56. The summed E-state index contributed by atoms with van der Waals surface area (Å²) in [5.41, 5.74) is 1.06. The SMILES string of the molecule is O=C(CNc1ccc(Oc2ccncc2)cc1)Nc1ccc(OC(F)(F)F)cc1. The minimum Gasteiger partial charge on any atom is -0.457 e. The highest BCUT2D eigenvalue weighted by molar-refractivity contribution is 5.93. The van der Waals surface area contributed by atoms with Gasteiger partial charge in [-0.15, -0.1) is 13.2 Å². The lowest BCUT2D eigenvalue weighted by Crippen LogP contribution is -2.21. The number of nitrogens with one attached hydrogen (secondary N) is 2. The summed E-state index contributed by atoms with van der Waals surface area (Å²) < 4.78 is 45.8.